The second-order valence-corrected chi connectivity index (χ2v) is 35.1. The van der Waals surface area contributed by atoms with Gasteiger partial charge in [-0.25, -0.2) is 19.2 Å². The lowest BCUT2D eigenvalue weighted by molar-refractivity contribution is -0.344. The van der Waals surface area contributed by atoms with Crippen LogP contribution in [0.5, 0.6) is 0 Å². The summed E-state index contributed by atoms with van der Waals surface area (Å²) in [6.07, 6.45) is -11.6. The molecule has 19 nitrogen and oxygen atoms in total. The zero-order valence-electron chi connectivity index (χ0n) is 49.9. The van der Waals surface area contributed by atoms with Gasteiger partial charge in [-0.3, -0.25) is 14.4 Å². The fourth-order valence-electron chi connectivity index (χ4n) is 14.5. The van der Waals surface area contributed by atoms with Gasteiger partial charge in [0, 0.05) is 25.7 Å². The fourth-order valence-corrected chi connectivity index (χ4v) is 22.9. The summed E-state index contributed by atoms with van der Waals surface area (Å²) in [6, 6.07) is 11.8. The molecule has 1 aromatic carbocycles. The number of alkyl carbamates (subject to hydrolysis) is 1. The number of esters is 4. The van der Waals surface area contributed by atoms with Crippen molar-refractivity contribution >= 4 is 58.5 Å². The normalized spacial score (nSPS) is 29.8. The molecule has 3 heterocycles. The molecule has 2 saturated heterocycles. The topological polar surface area (TPSA) is 237 Å². The predicted octanol–water partition coefficient (Wildman–Crippen LogP) is 10.8. The number of amides is 1. The largest absolute Gasteiger partial charge is 0.509 e. The van der Waals surface area contributed by atoms with Crippen molar-refractivity contribution in [2.75, 3.05) is 6.61 Å². The minimum Gasteiger partial charge on any atom is -0.467 e. The first-order chi connectivity index (χ1) is 37.3. The molecule has 7 rings (SSSR count). The number of hydrogen-bond donors (Lipinski definition) is 1. The van der Waals surface area contributed by atoms with Crippen molar-refractivity contribution in [3.05, 3.63) is 71.2 Å². The Balaban J connectivity index is 1.57. The van der Waals surface area contributed by atoms with Crippen molar-refractivity contribution in [3.8, 4) is 0 Å². The second kappa shape index (κ2) is 22.8. The number of hydrogen-bond acceptors (Lipinski definition) is 18. The number of benzene rings is 1. The van der Waals surface area contributed by atoms with Crippen LogP contribution in [0.3, 0.4) is 0 Å². The third-order valence-corrected chi connectivity index (χ3v) is 29.0. The average molecular weight is 1150 g/mol. The van der Waals surface area contributed by atoms with Crippen LogP contribution in [0, 0.1) is 16.7 Å². The van der Waals surface area contributed by atoms with Crippen LogP contribution in [0.2, 0.25) is 34.8 Å². The zero-order chi connectivity index (χ0) is 59.5. The van der Waals surface area contributed by atoms with Crippen LogP contribution in [0.4, 0.5) is 9.59 Å². The standard InChI is InChI=1S/C59H85NO18Si2/c1-19-79(20-2,21-3)77-40-30-41-58(31-69-41,74-37(12)62)47-50(72-51(64)38-26-23-22-24-27-38)59-49(73-54(67)76-59)44(35(10)42(56(59,16)17)45(70-36(11)61)48(63)57(40,47)18)71-52(65)46(78-80(32(4)5,33(6)7)34(8)9)43(39-28-25-29-68-39)60-53(66)75-55(13,14)15/h22-29,32-34,40-41,43-47,49-50H,19-21,30-31H2,1-18H3,(H,60,66)/t40-,41+,43-,44+,45+,46+,47?,49-,50-,57+,58-,59+/m0/s1. The Kier molecular flexibility index (Phi) is 17.7. The maximum absolute atomic E-state index is 16.8. The number of furan rings is 1. The minimum absolute atomic E-state index is 0.0325. The van der Waals surface area contributed by atoms with E-state index in [-0.39, 0.29) is 52.1 Å². The van der Waals surface area contributed by atoms with E-state index in [0.717, 1.165) is 6.92 Å². The van der Waals surface area contributed by atoms with E-state index in [1.54, 1.807) is 78.8 Å². The van der Waals surface area contributed by atoms with Crippen molar-refractivity contribution in [1.29, 1.82) is 0 Å². The molecule has 21 heteroatoms. The van der Waals surface area contributed by atoms with Gasteiger partial charge >= 0.3 is 36.1 Å². The summed E-state index contributed by atoms with van der Waals surface area (Å²) in [5, 5.41) is 2.85. The van der Waals surface area contributed by atoms with Gasteiger partial charge in [-0.05, 0) is 105 Å². The molecule has 4 fully saturated rings. The molecule has 2 bridgehead atoms. The van der Waals surface area contributed by atoms with Gasteiger partial charge in [0.15, 0.2) is 50.2 Å². The maximum Gasteiger partial charge on any atom is 0.509 e. The molecule has 2 saturated carbocycles. The van der Waals surface area contributed by atoms with Crippen molar-refractivity contribution in [3.63, 3.8) is 0 Å². The second-order valence-electron chi connectivity index (χ2n) is 25.0. The number of rotatable bonds is 19. The van der Waals surface area contributed by atoms with Crippen molar-refractivity contribution in [2.24, 2.45) is 16.7 Å². The molecule has 2 aliphatic heterocycles. The summed E-state index contributed by atoms with van der Waals surface area (Å²) < 4.78 is 72.6. The van der Waals surface area contributed by atoms with E-state index in [4.69, 9.17) is 51.2 Å². The molecule has 2 aromatic rings. The number of ether oxygens (including phenoxy) is 8. The Hall–Kier alpha value is -5.36. The van der Waals surface area contributed by atoms with Crippen molar-refractivity contribution in [2.45, 2.75) is 231 Å². The molecule has 1 N–H and O–H groups in total. The quantitative estimate of drug-likeness (QED) is 0.0595. The highest BCUT2D eigenvalue weighted by Crippen LogP contribution is 2.67. The maximum atomic E-state index is 16.8. The molecular weight excluding hydrogens is 1070 g/mol. The van der Waals surface area contributed by atoms with Crippen LogP contribution in [-0.2, 0) is 65.9 Å². The molecule has 1 unspecified atom stereocenters. The van der Waals surface area contributed by atoms with Gasteiger partial charge in [-0.2, -0.15) is 0 Å². The summed E-state index contributed by atoms with van der Waals surface area (Å²) in [5.41, 5.74) is -8.87. The van der Waals surface area contributed by atoms with Crippen LogP contribution < -0.4 is 5.32 Å². The molecule has 1 aromatic heterocycles. The van der Waals surface area contributed by atoms with Gasteiger partial charge in [0.1, 0.15) is 23.5 Å². The smallest absolute Gasteiger partial charge is 0.467 e. The zero-order valence-corrected chi connectivity index (χ0v) is 51.9. The van der Waals surface area contributed by atoms with Gasteiger partial charge in [0.05, 0.1) is 35.9 Å². The van der Waals surface area contributed by atoms with Gasteiger partial charge in [-0.1, -0.05) is 94.4 Å². The van der Waals surface area contributed by atoms with Gasteiger partial charge in [0.25, 0.3) is 0 Å². The van der Waals surface area contributed by atoms with Crippen molar-refractivity contribution < 1.29 is 84.7 Å². The highest BCUT2D eigenvalue weighted by atomic mass is 28.4. The Morgan fingerprint density at radius 3 is 1.94 bits per heavy atom. The molecule has 3 aliphatic carbocycles. The Bertz CT molecular complexity index is 2660. The number of carbonyl (C=O) groups excluding carboxylic acids is 7. The molecule has 80 heavy (non-hydrogen) atoms. The minimum atomic E-state index is -3.18. The van der Waals surface area contributed by atoms with E-state index in [1.807, 2.05) is 62.3 Å². The highest BCUT2D eigenvalue weighted by Gasteiger charge is 2.84. The van der Waals surface area contributed by atoms with Gasteiger partial charge in [0.2, 0.25) is 13.9 Å². The summed E-state index contributed by atoms with van der Waals surface area (Å²) in [4.78, 5) is 104. The van der Waals surface area contributed by atoms with E-state index in [2.05, 4.69) is 5.32 Å². The molecule has 442 valence electrons. The Labute approximate surface area is 472 Å². The van der Waals surface area contributed by atoms with E-state index in [9.17, 15) is 19.2 Å². The monoisotopic (exact) mass is 1150 g/mol. The SMILES string of the molecule is CC[Si](CC)(CC)O[C@H]1C[C@H]2OC[C@@]2(OC(C)=O)C2[C@H](OC(=O)c3ccccc3)[C@]34OC(=O)O[C@H]3[C@H](OC(=O)[C@H](O[Si](C(C)C)(C(C)C)C(C)C)[C@@H](NC(=O)OC(C)(C)C)c3ccco3)C(C)=C([C@@H](OC(C)=O)C(=O)[C@@]21C)C4(C)C. The first-order valence-corrected chi connectivity index (χ1v) is 32.9. The fraction of sp³-hybridized carbons (Fsp3) is 0.678. The number of Topliss-reactive ketones (excluding diaryl/α,β-unsaturated/α-hetero) is 1. The average Bonchev–Trinajstić information content (AvgIpc) is 4.04. The first kappa shape index (κ1) is 62.2. The Morgan fingerprint density at radius 2 is 1.44 bits per heavy atom. The van der Waals surface area contributed by atoms with Gasteiger partial charge < -0.3 is 56.5 Å². The molecule has 12 atom stereocenters. The third-order valence-electron chi connectivity index (χ3n) is 18.3. The van der Waals surface area contributed by atoms with Crippen LogP contribution in [0.15, 0.2) is 64.3 Å². The predicted molar refractivity (Wildman–Crippen MR) is 296 cm³/mol. The first-order valence-electron chi connectivity index (χ1n) is 28.3. The van der Waals surface area contributed by atoms with Crippen LogP contribution >= 0.6 is 0 Å². The number of carbonyl (C=O) groups is 7. The summed E-state index contributed by atoms with van der Waals surface area (Å²) in [6.45, 7) is 31.9. The van der Waals surface area contributed by atoms with Crippen molar-refractivity contribution in [1.82, 2.24) is 5.32 Å². The van der Waals surface area contributed by atoms with Crippen LogP contribution in [0.1, 0.15) is 153 Å². The van der Waals surface area contributed by atoms with E-state index in [0.29, 0.717) is 18.1 Å². The molecule has 0 radical (unpaired) electrons. The number of fused-ring (bicyclic) bond motifs is 4. The third kappa shape index (κ3) is 10.5. The summed E-state index contributed by atoms with van der Waals surface area (Å²) >= 11 is 0. The Morgan fingerprint density at radius 1 is 0.825 bits per heavy atom. The molecule has 1 amide bonds. The van der Waals surface area contributed by atoms with Crippen LogP contribution in [-0.4, -0.2) is 125 Å². The molecule has 5 aliphatic rings. The molecular formula is C59H85NO18Si2. The molecule has 1 spiro atoms. The number of ketones is 1. The van der Waals surface area contributed by atoms with Gasteiger partial charge in [-0.15, -0.1) is 0 Å². The number of nitrogens with one attached hydrogen (secondary N) is 1. The van der Waals surface area contributed by atoms with Crippen LogP contribution in [0.25, 0.3) is 0 Å². The lowest BCUT2D eigenvalue weighted by Gasteiger charge is -2.68. The van der Waals surface area contributed by atoms with E-state index >= 15 is 14.4 Å². The summed E-state index contributed by atoms with van der Waals surface area (Å²) in [7, 11) is -5.91. The lowest BCUT2D eigenvalue weighted by Crippen LogP contribution is -2.83. The lowest BCUT2D eigenvalue weighted by atomic mass is 9.44. The van der Waals surface area contributed by atoms with E-state index in [1.165, 1.54) is 25.3 Å². The van der Waals surface area contributed by atoms with E-state index < -0.39 is 141 Å². The summed E-state index contributed by atoms with van der Waals surface area (Å²) in [5.74, 6) is -5.68. The highest BCUT2D eigenvalue weighted by molar-refractivity contribution is 6.77.